The highest BCUT2D eigenvalue weighted by molar-refractivity contribution is 8.11. The van der Waals surface area contributed by atoms with Gasteiger partial charge < -0.3 is 4.74 Å². The third kappa shape index (κ3) is 5.40. The quantitative estimate of drug-likeness (QED) is 0.207. The van der Waals surface area contributed by atoms with Gasteiger partial charge in [0.05, 0.1) is 18.6 Å². The molecule has 0 saturated heterocycles. The molecule has 122 valence electrons. The van der Waals surface area contributed by atoms with Gasteiger partial charge in [-0.05, 0) is 13.0 Å². The van der Waals surface area contributed by atoms with E-state index in [1.54, 1.807) is 25.4 Å². The highest BCUT2D eigenvalue weighted by atomic mass is 32.2. The predicted octanol–water partition coefficient (Wildman–Crippen LogP) is 2.96. The first-order valence-electron chi connectivity index (χ1n) is 6.63. The summed E-state index contributed by atoms with van der Waals surface area (Å²) < 4.78 is 7.25. The Bertz CT molecular complexity index is 537. The Morgan fingerprint density at radius 3 is 2.59 bits per heavy atom. The number of ether oxygens (including phenoxy) is 1. The summed E-state index contributed by atoms with van der Waals surface area (Å²) in [7, 11) is 1.39. The molecule has 0 radical (unpaired) electrons. The van der Waals surface area contributed by atoms with Crippen LogP contribution in [0.4, 0.5) is 9.59 Å². The van der Waals surface area contributed by atoms with E-state index in [0.29, 0.717) is 17.8 Å². The van der Waals surface area contributed by atoms with Gasteiger partial charge in [0.1, 0.15) is 0 Å². The summed E-state index contributed by atoms with van der Waals surface area (Å²) in [4.78, 5) is 28.0. The summed E-state index contributed by atoms with van der Waals surface area (Å²) in [6, 6.07) is 1.74. The zero-order valence-corrected chi connectivity index (χ0v) is 14.1. The molecule has 1 rings (SSSR count). The smallest absolute Gasteiger partial charge is 0.446 e. The van der Waals surface area contributed by atoms with Crippen molar-refractivity contribution in [2.45, 2.75) is 27.7 Å². The van der Waals surface area contributed by atoms with Gasteiger partial charge in [0.25, 0.3) is 0 Å². The number of carbonyl (C=O) groups is 2. The maximum Gasteiger partial charge on any atom is 0.446 e. The van der Waals surface area contributed by atoms with Crippen LogP contribution in [0.5, 0.6) is 0 Å². The number of rotatable bonds is 2. The number of nitrogens with zero attached hydrogens (tertiary/aromatic N) is 4. The zero-order chi connectivity index (χ0) is 16.8. The Labute approximate surface area is 133 Å². The Balaban J connectivity index is 2.74. The van der Waals surface area contributed by atoms with Gasteiger partial charge in [-0.2, -0.15) is 5.10 Å². The molecule has 1 aromatic rings. The van der Waals surface area contributed by atoms with Crippen LogP contribution in [-0.4, -0.2) is 45.0 Å². The summed E-state index contributed by atoms with van der Waals surface area (Å²) in [5, 5.41) is 7.36. The van der Waals surface area contributed by atoms with Gasteiger partial charge in [-0.15, -0.1) is 0 Å². The van der Waals surface area contributed by atoms with Crippen LogP contribution < -0.4 is 0 Å². The van der Waals surface area contributed by atoms with Crippen molar-refractivity contribution < 1.29 is 19.2 Å². The van der Waals surface area contributed by atoms with E-state index in [4.69, 9.17) is 9.57 Å². The lowest BCUT2D eigenvalue weighted by molar-refractivity contribution is 0.134. The minimum Gasteiger partial charge on any atom is -0.457 e. The molecule has 1 heterocycles. The van der Waals surface area contributed by atoms with Gasteiger partial charge in [-0.1, -0.05) is 25.9 Å². The third-order valence-electron chi connectivity index (χ3n) is 2.33. The molecule has 1 amide bonds. The van der Waals surface area contributed by atoms with Gasteiger partial charge >= 0.3 is 11.4 Å². The maximum atomic E-state index is 11.8. The Hall–Kier alpha value is -2.03. The predicted molar refractivity (Wildman–Crippen MR) is 83.4 cm³/mol. The van der Waals surface area contributed by atoms with E-state index in [9.17, 15) is 9.59 Å². The Kier molecular flexibility index (Phi) is 6.41. The van der Waals surface area contributed by atoms with Gasteiger partial charge in [0.15, 0.2) is 5.84 Å². The minimum atomic E-state index is -0.785. The molecule has 22 heavy (non-hydrogen) atoms. The molecule has 0 unspecified atom stereocenters. The van der Waals surface area contributed by atoms with Crippen LogP contribution in [0, 0.1) is 5.41 Å². The van der Waals surface area contributed by atoms with Crippen molar-refractivity contribution >= 4 is 29.2 Å². The number of hydrogen-bond donors (Lipinski definition) is 0. The Morgan fingerprint density at radius 2 is 2.09 bits per heavy atom. The van der Waals surface area contributed by atoms with E-state index in [2.05, 4.69) is 10.3 Å². The van der Waals surface area contributed by atoms with Crippen LogP contribution in [0.3, 0.4) is 0 Å². The van der Waals surface area contributed by atoms with Crippen molar-refractivity contribution in [3.63, 3.8) is 0 Å². The summed E-state index contributed by atoms with van der Waals surface area (Å²) >= 11 is 0.595. The first kappa shape index (κ1) is 18.0. The molecule has 0 aromatic carbocycles. The zero-order valence-electron chi connectivity index (χ0n) is 13.3. The first-order valence-corrected chi connectivity index (χ1v) is 7.41. The van der Waals surface area contributed by atoms with E-state index in [-0.39, 0.29) is 12.0 Å². The molecule has 8 nitrogen and oxygen atoms in total. The lowest BCUT2D eigenvalue weighted by atomic mass is 9.95. The van der Waals surface area contributed by atoms with Crippen molar-refractivity contribution in [2.24, 2.45) is 10.6 Å². The summed E-state index contributed by atoms with van der Waals surface area (Å²) in [5.74, 6) is 0.459. The minimum absolute atomic E-state index is 0.236. The first-order chi connectivity index (χ1) is 10.3. The molecule has 0 N–H and O–H groups in total. The molecule has 0 spiro atoms. The second-order valence-electron chi connectivity index (χ2n) is 5.24. The van der Waals surface area contributed by atoms with Gasteiger partial charge in [-0.3, -0.25) is 4.84 Å². The SMILES string of the molecule is CCOC(=O)SN(C)C(=O)ON=C(n1cccn1)C(C)(C)C. The monoisotopic (exact) mass is 328 g/mol. The average molecular weight is 328 g/mol. The summed E-state index contributed by atoms with van der Waals surface area (Å²) in [5.41, 5.74) is -0.390. The van der Waals surface area contributed by atoms with Gasteiger partial charge in [-0.25, -0.2) is 18.6 Å². The molecule has 0 aliphatic heterocycles. The number of amides is 1. The fourth-order valence-corrected chi connectivity index (χ4v) is 1.85. The fourth-order valence-electron chi connectivity index (χ4n) is 1.35. The van der Waals surface area contributed by atoms with Crippen molar-refractivity contribution in [3.8, 4) is 0 Å². The second kappa shape index (κ2) is 7.83. The Morgan fingerprint density at radius 1 is 1.41 bits per heavy atom. The number of carbonyl (C=O) groups excluding carboxylic acids is 2. The molecule has 0 bridgehead atoms. The summed E-state index contributed by atoms with van der Waals surface area (Å²) in [6.07, 6.45) is 2.52. The normalized spacial score (nSPS) is 12.0. The molecular formula is C13H20N4O4S. The van der Waals surface area contributed by atoms with E-state index in [1.165, 1.54) is 11.7 Å². The summed E-state index contributed by atoms with van der Waals surface area (Å²) in [6.45, 7) is 7.66. The van der Waals surface area contributed by atoms with Crippen LogP contribution in [0.1, 0.15) is 27.7 Å². The number of hydrogen-bond acceptors (Lipinski definition) is 7. The average Bonchev–Trinajstić information content (AvgIpc) is 2.91. The maximum absolute atomic E-state index is 11.8. The third-order valence-corrected chi connectivity index (χ3v) is 3.02. The molecule has 0 atom stereocenters. The van der Waals surface area contributed by atoms with E-state index < -0.39 is 11.4 Å². The van der Waals surface area contributed by atoms with Crippen LogP contribution in [0.25, 0.3) is 0 Å². The molecule has 1 aromatic heterocycles. The van der Waals surface area contributed by atoms with Crippen LogP contribution in [0.2, 0.25) is 0 Å². The van der Waals surface area contributed by atoms with Crippen molar-refractivity contribution in [1.29, 1.82) is 0 Å². The number of aromatic nitrogens is 2. The number of oxime groups is 1. The standard InChI is InChI=1S/C13H20N4O4S/c1-6-20-12(19)22-16(5)11(18)21-15-10(13(2,3)4)17-9-7-8-14-17/h7-9H,6H2,1-5H3. The van der Waals surface area contributed by atoms with Crippen LogP contribution in [0.15, 0.2) is 23.6 Å². The molecule has 9 heteroatoms. The molecule has 0 saturated carbocycles. The lowest BCUT2D eigenvalue weighted by Crippen LogP contribution is -2.30. The van der Waals surface area contributed by atoms with Crippen LogP contribution >= 0.6 is 11.9 Å². The van der Waals surface area contributed by atoms with E-state index >= 15 is 0 Å². The molecule has 0 fully saturated rings. The second-order valence-corrected chi connectivity index (χ2v) is 6.31. The largest absolute Gasteiger partial charge is 0.457 e. The highest BCUT2D eigenvalue weighted by Crippen LogP contribution is 2.18. The highest BCUT2D eigenvalue weighted by Gasteiger charge is 2.24. The molecular weight excluding hydrogens is 308 g/mol. The molecule has 0 aliphatic rings. The van der Waals surface area contributed by atoms with Gasteiger partial charge in [0, 0.05) is 24.9 Å². The fraction of sp³-hybridized carbons (Fsp3) is 0.538. The van der Waals surface area contributed by atoms with E-state index in [0.717, 1.165) is 4.31 Å². The van der Waals surface area contributed by atoms with E-state index in [1.807, 2.05) is 20.8 Å². The topological polar surface area (TPSA) is 86.0 Å². The molecule has 0 aliphatic carbocycles. The van der Waals surface area contributed by atoms with Gasteiger partial charge in [0.2, 0.25) is 0 Å². The van der Waals surface area contributed by atoms with Crippen LogP contribution in [-0.2, 0) is 9.57 Å². The van der Waals surface area contributed by atoms with Crippen molar-refractivity contribution in [3.05, 3.63) is 18.5 Å². The van der Waals surface area contributed by atoms with Crippen molar-refractivity contribution in [1.82, 2.24) is 14.1 Å². The lowest BCUT2D eigenvalue weighted by Gasteiger charge is -2.20. The van der Waals surface area contributed by atoms with Crippen molar-refractivity contribution in [2.75, 3.05) is 13.7 Å².